The highest BCUT2D eigenvalue weighted by molar-refractivity contribution is 7.11. The monoisotopic (exact) mass is 268 g/mol. The summed E-state index contributed by atoms with van der Waals surface area (Å²) in [6.45, 7) is 3.35. The first-order valence-electron chi connectivity index (χ1n) is 5.87. The fraction of sp³-hybridized carbons (Fsp3) is 0.545. The van der Waals surface area contributed by atoms with Crippen molar-refractivity contribution in [1.82, 2.24) is 15.3 Å². The van der Waals surface area contributed by atoms with E-state index < -0.39 is 5.91 Å². The van der Waals surface area contributed by atoms with E-state index in [1.807, 2.05) is 5.43 Å². The van der Waals surface area contributed by atoms with Crippen molar-refractivity contribution in [3.63, 3.8) is 0 Å². The zero-order valence-corrected chi connectivity index (χ0v) is 11.0. The highest BCUT2D eigenvalue weighted by Gasteiger charge is 2.28. The largest absolute Gasteiger partial charge is 0.336 e. The second-order valence-corrected chi connectivity index (χ2v) is 5.23. The molecular formula is C11H16N4O2S. The van der Waals surface area contributed by atoms with E-state index in [1.54, 1.807) is 10.3 Å². The van der Waals surface area contributed by atoms with Gasteiger partial charge in [-0.2, -0.15) is 0 Å². The molecule has 1 aliphatic heterocycles. The van der Waals surface area contributed by atoms with Crippen LogP contribution in [0.1, 0.15) is 35.3 Å². The molecule has 1 atom stereocenters. The van der Waals surface area contributed by atoms with E-state index in [1.165, 1.54) is 11.3 Å². The van der Waals surface area contributed by atoms with Gasteiger partial charge in [-0.3, -0.25) is 15.0 Å². The van der Waals surface area contributed by atoms with E-state index in [0.717, 1.165) is 18.7 Å². The van der Waals surface area contributed by atoms with Crippen LogP contribution in [0.3, 0.4) is 0 Å². The van der Waals surface area contributed by atoms with Crippen LogP contribution < -0.4 is 11.3 Å². The third-order valence-corrected chi connectivity index (χ3v) is 3.99. The zero-order valence-electron chi connectivity index (χ0n) is 10.2. The molecule has 2 rings (SSSR count). The number of rotatable bonds is 4. The second-order valence-electron chi connectivity index (χ2n) is 4.37. The zero-order chi connectivity index (χ0) is 13.1. The molecule has 1 unspecified atom stereocenters. The molecule has 7 heteroatoms. The summed E-state index contributed by atoms with van der Waals surface area (Å²) in [7, 11) is 0. The third-order valence-electron chi connectivity index (χ3n) is 3.10. The molecule has 0 spiro atoms. The Bertz CT molecular complexity index is 460. The predicted molar refractivity (Wildman–Crippen MR) is 67.6 cm³/mol. The molecule has 2 amide bonds. The molecule has 6 nitrogen and oxygen atoms in total. The number of hydrogen-bond acceptors (Lipinski definition) is 5. The maximum absolute atomic E-state index is 11.7. The lowest BCUT2D eigenvalue weighted by molar-refractivity contribution is -0.128. The minimum Gasteiger partial charge on any atom is -0.336 e. The van der Waals surface area contributed by atoms with Crippen molar-refractivity contribution in [2.24, 2.45) is 11.8 Å². The summed E-state index contributed by atoms with van der Waals surface area (Å²) in [4.78, 5) is 29.0. The Hall–Kier alpha value is -1.47. The molecule has 1 aliphatic rings. The summed E-state index contributed by atoms with van der Waals surface area (Å²) >= 11 is 1.23. The van der Waals surface area contributed by atoms with Gasteiger partial charge >= 0.3 is 0 Å². The van der Waals surface area contributed by atoms with Crippen LogP contribution in [-0.4, -0.2) is 28.2 Å². The molecule has 0 saturated carbocycles. The van der Waals surface area contributed by atoms with Crippen molar-refractivity contribution in [1.29, 1.82) is 0 Å². The van der Waals surface area contributed by atoms with Gasteiger partial charge in [0.05, 0.1) is 12.2 Å². The van der Waals surface area contributed by atoms with Crippen molar-refractivity contribution in [2.75, 3.05) is 6.54 Å². The number of likely N-dealkylation sites (tertiary alicyclic amines) is 1. The van der Waals surface area contributed by atoms with Crippen LogP contribution in [0.4, 0.5) is 0 Å². The van der Waals surface area contributed by atoms with Crippen molar-refractivity contribution in [3.05, 3.63) is 16.1 Å². The fourth-order valence-corrected chi connectivity index (χ4v) is 2.73. The first kappa shape index (κ1) is 13.0. The topological polar surface area (TPSA) is 88.3 Å². The number of nitrogen functional groups attached to an aromatic ring is 1. The van der Waals surface area contributed by atoms with Gasteiger partial charge in [0.1, 0.15) is 0 Å². The Morgan fingerprint density at radius 2 is 2.50 bits per heavy atom. The molecule has 0 bridgehead atoms. The Balaban J connectivity index is 2.00. The molecule has 1 aromatic rings. The molecule has 0 aliphatic carbocycles. The average molecular weight is 268 g/mol. The van der Waals surface area contributed by atoms with E-state index in [0.29, 0.717) is 23.9 Å². The summed E-state index contributed by atoms with van der Waals surface area (Å²) in [5.41, 5.74) is 2.78. The van der Waals surface area contributed by atoms with Crippen LogP contribution in [0.15, 0.2) is 5.38 Å². The van der Waals surface area contributed by atoms with Crippen LogP contribution in [0.25, 0.3) is 0 Å². The number of nitrogens with zero attached hydrogens (tertiary/aromatic N) is 2. The number of aromatic nitrogens is 1. The van der Waals surface area contributed by atoms with Crippen molar-refractivity contribution < 1.29 is 9.59 Å². The van der Waals surface area contributed by atoms with E-state index in [2.05, 4.69) is 11.9 Å². The van der Waals surface area contributed by atoms with Crippen molar-refractivity contribution in [2.45, 2.75) is 26.3 Å². The maximum atomic E-state index is 11.7. The Labute approximate surface area is 109 Å². The number of nitrogens with one attached hydrogen (secondary N) is 1. The van der Waals surface area contributed by atoms with Crippen LogP contribution in [-0.2, 0) is 11.3 Å². The highest BCUT2D eigenvalue weighted by atomic mass is 32.1. The van der Waals surface area contributed by atoms with Gasteiger partial charge in [-0.1, -0.05) is 13.3 Å². The highest BCUT2D eigenvalue weighted by Crippen LogP contribution is 2.22. The van der Waals surface area contributed by atoms with Crippen LogP contribution in [0, 0.1) is 5.92 Å². The SMILES string of the molecule is CCC1CC(=O)N(Cc2csc(C(=O)NN)n2)C1. The molecule has 18 heavy (non-hydrogen) atoms. The standard InChI is InChI=1S/C11H16N4O2S/c1-2-7-3-9(16)15(4-7)5-8-6-18-11(13-8)10(17)14-12/h6-7H,2-5,12H2,1H3,(H,14,17). The molecule has 2 heterocycles. The summed E-state index contributed by atoms with van der Waals surface area (Å²) in [6, 6.07) is 0. The molecule has 0 aromatic carbocycles. The molecule has 3 N–H and O–H groups in total. The summed E-state index contributed by atoms with van der Waals surface area (Å²) in [5.74, 6) is 5.25. The number of thiazole rings is 1. The molecular weight excluding hydrogens is 252 g/mol. The van der Waals surface area contributed by atoms with E-state index in [9.17, 15) is 9.59 Å². The summed E-state index contributed by atoms with van der Waals surface area (Å²) in [5, 5.41) is 2.11. The number of amides is 2. The maximum Gasteiger partial charge on any atom is 0.294 e. The van der Waals surface area contributed by atoms with Crippen LogP contribution in [0.2, 0.25) is 0 Å². The third kappa shape index (κ3) is 2.68. The first-order chi connectivity index (χ1) is 8.63. The van der Waals surface area contributed by atoms with Gasteiger partial charge in [-0.25, -0.2) is 10.8 Å². The predicted octanol–water partition coefficient (Wildman–Crippen LogP) is 0.505. The van der Waals surface area contributed by atoms with Crippen LogP contribution in [0.5, 0.6) is 0 Å². The summed E-state index contributed by atoms with van der Waals surface area (Å²) < 4.78 is 0. The Kier molecular flexibility index (Phi) is 3.93. The van der Waals surface area contributed by atoms with Gasteiger partial charge in [0.25, 0.3) is 5.91 Å². The van der Waals surface area contributed by atoms with Crippen molar-refractivity contribution >= 4 is 23.2 Å². The number of hydrazine groups is 1. The average Bonchev–Trinajstić information content (AvgIpc) is 2.97. The van der Waals surface area contributed by atoms with Gasteiger partial charge in [-0.15, -0.1) is 11.3 Å². The molecule has 1 aromatic heterocycles. The first-order valence-corrected chi connectivity index (χ1v) is 6.75. The summed E-state index contributed by atoms with van der Waals surface area (Å²) in [6.07, 6.45) is 1.64. The van der Waals surface area contributed by atoms with Gasteiger partial charge < -0.3 is 4.90 Å². The lowest BCUT2D eigenvalue weighted by Crippen LogP contribution is -2.30. The lowest BCUT2D eigenvalue weighted by atomic mass is 10.1. The van der Waals surface area contributed by atoms with Gasteiger partial charge in [-0.05, 0) is 5.92 Å². The van der Waals surface area contributed by atoms with E-state index >= 15 is 0 Å². The van der Waals surface area contributed by atoms with Crippen LogP contribution >= 0.6 is 11.3 Å². The van der Waals surface area contributed by atoms with Gasteiger partial charge in [0, 0.05) is 18.3 Å². The number of carbonyl (C=O) groups is 2. The molecule has 1 fully saturated rings. The lowest BCUT2D eigenvalue weighted by Gasteiger charge is -2.14. The Morgan fingerprint density at radius 1 is 1.72 bits per heavy atom. The minimum atomic E-state index is -0.398. The molecule has 1 saturated heterocycles. The fourth-order valence-electron chi connectivity index (χ4n) is 2.02. The van der Waals surface area contributed by atoms with E-state index in [4.69, 9.17) is 5.84 Å². The normalized spacial score (nSPS) is 19.3. The quantitative estimate of drug-likeness (QED) is 0.473. The van der Waals surface area contributed by atoms with Gasteiger partial charge in [0.2, 0.25) is 5.91 Å². The van der Waals surface area contributed by atoms with E-state index in [-0.39, 0.29) is 5.91 Å². The number of carbonyl (C=O) groups excluding carboxylic acids is 2. The second kappa shape index (κ2) is 5.45. The van der Waals surface area contributed by atoms with Crippen molar-refractivity contribution in [3.8, 4) is 0 Å². The number of hydrogen-bond donors (Lipinski definition) is 2. The van der Waals surface area contributed by atoms with Gasteiger partial charge in [0.15, 0.2) is 5.01 Å². The molecule has 98 valence electrons. The number of nitrogens with two attached hydrogens (primary N) is 1. The minimum absolute atomic E-state index is 0.166. The Morgan fingerprint density at radius 3 is 3.11 bits per heavy atom. The smallest absolute Gasteiger partial charge is 0.294 e. The molecule has 0 radical (unpaired) electrons.